The third kappa shape index (κ3) is 5.37. The third-order valence-corrected chi connectivity index (χ3v) is 7.31. The van der Waals surface area contributed by atoms with Crippen LogP contribution < -0.4 is 4.74 Å². The molecule has 2 saturated heterocycles. The Morgan fingerprint density at radius 3 is 2.53 bits per heavy atom. The molecule has 0 saturated carbocycles. The van der Waals surface area contributed by atoms with Gasteiger partial charge in [0.15, 0.2) is 0 Å². The van der Waals surface area contributed by atoms with Crippen LogP contribution in [-0.2, 0) is 7.05 Å². The Kier molecular flexibility index (Phi) is 7.35. The highest BCUT2D eigenvalue weighted by molar-refractivity contribution is 5.99. The van der Waals surface area contributed by atoms with Crippen LogP contribution in [0.2, 0.25) is 0 Å². The largest absolute Gasteiger partial charge is 0.573 e. The van der Waals surface area contributed by atoms with E-state index in [1.54, 1.807) is 35.0 Å². The monoisotopic (exact) mass is 530 g/mol. The first-order chi connectivity index (χ1) is 18.2. The maximum Gasteiger partial charge on any atom is 0.573 e. The number of aromatic nitrogens is 4. The Labute approximate surface area is 217 Å². The molecule has 3 aromatic rings. The lowest BCUT2D eigenvalue weighted by atomic mass is 10.0. The van der Waals surface area contributed by atoms with E-state index in [4.69, 9.17) is 0 Å². The Morgan fingerprint density at radius 2 is 1.84 bits per heavy atom. The summed E-state index contributed by atoms with van der Waals surface area (Å²) < 4.78 is 44.1. The number of benzene rings is 1. The van der Waals surface area contributed by atoms with Crippen LogP contribution in [0.15, 0.2) is 43.0 Å². The minimum Gasteiger partial charge on any atom is -0.406 e. The molecule has 202 valence electrons. The number of piperidine rings is 1. The summed E-state index contributed by atoms with van der Waals surface area (Å²) >= 11 is 0. The Morgan fingerprint density at radius 1 is 1.11 bits per heavy atom. The van der Waals surface area contributed by atoms with Gasteiger partial charge in [0.2, 0.25) is 0 Å². The zero-order valence-electron chi connectivity index (χ0n) is 20.9. The standard InChI is InChI=1S/C26H29F3N6O3/c1-33-23(25(37)34-10-7-19(8-11-34)35-9-3-5-20(35)15-36)22(18-13-30-16-31-14-18)32-24(33)17-4-2-6-21(12-17)38-26(27,28)29/h2,4,6,12-14,16,19-20,36H,3,5,7-11,15H2,1H3. The number of hydrogen-bond acceptors (Lipinski definition) is 7. The highest BCUT2D eigenvalue weighted by atomic mass is 19.4. The highest BCUT2D eigenvalue weighted by Crippen LogP contribution is 2.33. The lowest BCUT2D eigenvalue weighted by Crippen LogP contribution is -2.49. The zero-order chi connectivity index (χ0) is 26.9. The third-order valence-electron chi connectivity index (χ3n) is 7.31. The number of rotatable bonds is 6. The summed E-state index contributed by atoms with van der Waals surface area (Å²) in [6.07, 6.45) is 3.30. The van der Waals surface area contributed by atoms with Gasteiger partial charge in [-0.2, -0.15) is 0 Å². The van der Waals surface area contributed by atoms with E-state index in [0.717, 1.165) is 32.2 Å². The first-order valence-electron chi connectivity index (χ1n) is 12.6. The van der Waals surface area contributed by atoms with Crippen molar-refractivity contribution in [3.8, 4) is 28.4 Å². The van der Waals surface area contributed by atoms with Gasteiger partial charge >= 0.3 is 6.36 Å². The van der Waals surface area contributed by atoms with E-state index >= 15 is 0 Å². The summed E-state index contributed by atoms with van der Waals surface area (Å²) in [6, 6.07) is 6.02. The maximum atomic E-state index is 13.9. The van der Waals surface area contributed by atoms with Crippen molar-refractivity contribution in [3.63, 3.8) is 0 Å². The second-order valence-electron chi connectivity index (χ2n) is 9.63. The van der Waals surface area contributed by atoms with Crippen molar-refractivity contribution in [2.45, 2.75) is 44.1 Å². The van der Waals surface area contributed by atoms with Crippen molar-refractivity contribution in [2.75, 3.05) is 26.2 Å². The quantitative estimate of drug-likeness (QED) is 0.521. The molecule has 1 N–H and O–H groups in total. The highest BCUT2D eigenvalue weighted by Gasteiger charge is 2.35. The Hall–Kier alpha value is -3.51. The van der Waals surface area contributed by atoms with Crippen molar-refractivity contribution in [1.82, 2.24) is 29.3 Å². The van der Waals surface area contributed by atoms with Gasteiger partial charge in [0.1, 0.15) is 29.3 Å². The van der Waals surface area contributed by atoms with Gasteiger partial charge in [-0.3, -0.25) is 9.69 Å². The normalized spacial score (nSPS) is 19.2. The van der Waals surface area contributed by atoms with Crippen molar-refractivity contribution in [1.29, 1.82) is 0 Å². The summed E-state index contributed by atoms with van der Waals surface area (Å²) in [6.45, 7) is 2.22. The number of carbonyl (C=O) groups is 1. The minimum absolute atomic E-state index is 0.147. The van der Waals surface area contributed by atoms with Gasteiger partial charge in [-0.15, -0.1) is 13.2 Å². The summed E-state index contributed by atoms with van der Waals surface area (Å²) in [4.78, 5) is 30.8. The molecule has 1 amide bonds. The number of nitrogens with zero attached hydrogens (tertiary/aromatic N) is 6. The second-order valence-corrected chi connectivity index (χ2v) is 9.63. The topological polar surface area (TPSA) is 96.6 Å². The number of aliphatic hydroxyl groups excluding tert-OH is 1. The molecule has 2 aliphatic rings. The average molecular weight is 531 g/mol. The molecule has 2 aliphatic heterocycles. The number of alkyl halides is 3. The molecule has 1 aromatic carbocycles. The SMILES string of the molecule is Cn1c(-c2cccc(OC(F)(F)F)c2)nc(-c2cncnc2)c1C(=O)N1CCC(N2CCCC2CO)CC1. The Bertz CT molecular complexity index is 1270. The van der Waals surface area contributed by atoms with Crippen molar-refractivity contribution in [3.05, 3.63) is 48.7 Å². The number of hydrogen-bond donors (Lipinski definition) is 1. The van der Waals surface area contributed by atoms with Crippen molar-refractivity contribution < 1.29 is 27.8 Å². The molecule has 5 rings (SSSR count). The second kappa shape index (κ2) is 10.7. The van der Waals surface area contributed by atoms with Gasteiger partial charge in [-0.1, -0.05) is 12.1 Å². The molecule has 0 aliphatic carbocycles. The predicted octanol–water partition coefficient (Wildman–Crippen LogP) is 3.50. The molecule has 12 heteroatoms. The number of carbonyl (C=O) groups excluding carboxylic acids is 1. The van der Waals surface area contributed by atoms with Crippen LogP contribution in [-0.4, -0.2) is 85.0 Å². The van der Waals surface area contributed by atoms with E-state index in [1.807, 2.05) is 0 Å². The molecule has 1 atom stereocenters. The van der Waals surface area contributed by atoms with Gasteiger partial charge in [0.25, 0.3) is 5.91 Å². The van der Waals surface area contributed by atoms with Crippen LogP contribution in [0.5, 0.6) is 5.75 Å². The van der Waals surface area contributed by atoms with Crippen molar-refractivity contribution in [2.24, 2.45) is 7.05 Å². The molecule has 2 fully saturated rings. The molecular weight excluding hydrogens is 501 g/mol. The summed E-state index contributed by atoms with van der Waals surface area (Å²) in [7, 11) is 1.67. The van der Waals surface area contributed by atoms with Crippen molar-refractivity contribution >= 4 is 5.91 Å². The predicted molar refractivity (Wildman–Crippen MR) is 132 cm³/mol. The van der Waals surface area contributed by atoms with Crippen LogP contribution in [0.25, 0.3) is 22.6 Å². The summed E-state index contributed by atoms with van der Waals surface area (Å²) in [5, 5.41) is 9.70. The van der Waals surface area contributed by atoms with E-state index in [-0.39, 0.29) is 24.3 Å². The molecular formula is C26H29F3N6O3. The zero-order valence-corrected chi connectivity index (χ0v) is 20.9. The van der Waals surface area contributed by atoms with Gasteiger partial charge in [0, 0.05) is 55.7 Å². The van der Waals surface area contributed by atoms with E-state index < -0.39 is 6.36 Å². The van der Waals surface area contributed by atoms with Gasteiger partial charge in [-0.05, 0) is 44.4 Å². The van der Waals surface area contributed by atoms with E-state index in [9.17, 15) is 23.1 Å². The Balaban J connectivity index is 1.44. The smallest absolute Gasteiger partial charge is 0.406 e. The van der Waals surface area contributed by atoms with Gasteiger partial charge in [-0.25, -0.2) is 15.0 Å². The molecule has 1 unspecified atom stereocenters. The van der Waals surface area contributed by atoms with Crippen LogP contribution in [0, 0.1) is 0 Å². The maximum absolute atomic E-state index is 13.9. The van der Waals surface area contributed by atoms with Crippen LogP contribution in [0.4, 0.5) is 13.2 Å². The fourth-order valence-corrected chi connectivity index (χ4v) is 5.54. The van der Waals surface area contributed by atoms with E-state index in [0.29, 0.717) is 47.5 Å². The van der Waals surface area contributed by atoms with E-state index in [2.05, 4.69) is 24.6 Å². The summed E-state index contributed by atoms with van der Waals surface area (Å²) in [5.41, 5.74) is 1.56. The summed E-state index contributed by atoms with van der Waals surface area (Å²) in [5.74, 6) is -0.274. The lowest BCUT2D eigenvalue weighted by Gasteiger charge is -2.39. The molecule has 9 nitrogen and oxygen atoms in total. The molecule has 2 aromatic heterocycles. The molecule has 38 heavy (non-hydrogen) atoms. The minimum atomic E-state index is -4.83. The fraction of sp³-hybridized carbons (Fsp3) is 0.462. The molecule has 0 bridgehead atoms. The molecule has 0 spiro atoms. The lowest BCUT2D eigenvalue weighted by molar-refractivity contribution is -0.274. The number of aliphatic hydroxyl groups is 1. The molecule has 4 heterocycles. The first kappa shape index (κ1) is 26.1. The average Bonchev–Trinajstić information content (AvgIpc) is 3.52. The van der Waals surface area contributed by atoms with Gasteiger partial charge < -0.3 is 19.3 Å². The van der Waals surface area contributed by atoms with Gasteiger partial charge in [0.05, 0.1) is 6.61 Å². The van der Waals surface area contributed by atoms with Crippen LogP contribution in [0.1, 0.15) is 36.2 Å². The molecule has 0 radical (unpaired) electrons. The van der Waals surface area contributed by atoms with Crippen LogP contribution in [0.3, 0.4) is 0 Å². The number of amides is 1. The number of ether oxygens (including phenoxy) is 1. The van der Waals surface area contributed by atoms with E-state index in [1.165, 1.54) is 24.5 Å². The number of imidazole rings is 1. The van der Waals surface area contributed by atoms with Crippen LogP contribution >= 0.6 is 0 Å². The number of halogens is 3. The fourth-order valence-electron chi connectivity index (χ4n) is 5.54. The first-order valence-corrected chi connectivity index (χ1v) is 12.6. The number of likely N-dealkylation sites (tertiary alicyclic amines) is 2.